The van der Waals surface area contributed by atoms with E-state index >= 15 is 0 Å². The molecule has 1 heterocycles. The van der Waals surface area contributed by atoms with Crippen LogP contribution in [0.5, 0.6) is 5.75 Å². The lowest BCUT2D eigenvalue weighted by Gasteiger charge is -2.40. The van der Waals surface area contributed by atoms with Gasteiger partial charge in [-0.15, -0.1) is 0 Å². The van der Waals surface area contributed by atoms with Gasteiger partial charge in [0.2, 0.25) is 5.56 Å². The Morgan fingerprint density at radius 1 is 1.06 bits per heavy atom. The third-order valence-electron chi connectivity index (χ3n) is 6.99. The van der Waals surface area contributed by atoms with E-state index in [1.807, 2.05) is 48.5 Å². The highest BCUT2D eigenvalue weighted by molar-refractivity contribution is 6.74. The normalized spacial score (nSPS) is 14.1. The fourth-order valence-electron chi connectivity index (χ4n) is 3.90. The summed E-state index contributed by atoms with van der Waals surface area (Å²) >= 11 is 0. The minimum atomic E-state index is -2.15. The monoisotopic (exact) mass is 494 g/mol. The molecule has 0 aliphatic carbocycles. The largest absolute Gasteiger partial charge is 0.487 e. The number of nitrogens with one attached hydrogen (secondary N) is 1. The predicted molar refractivity (Wildman–Crippen MR) is 146 cm³/mol. The van der Waals surface area contributed by atoms with Crippen molar-refractivity contribution in [2.24, 2.45) is 0 Å². The highest BCUT2D eigenvalue weighted by atomic mass is 28.4. The van der Waals surface area contributed by atoms with Crippen molar-refractivity contribution in [1.29, 1.82) is 0 Å². The number of aromatic amines is 1. The van der Waals surface area contributed by atoms with E-state index in [0.717, 1.165) is 29.4 Å². The zero-order valence-corrected chi connectivity index (χ0v) is 22.8. The first-order valence-corrected chi connectivity index (χ1v) is 15.4. The Morgan fingerprint density at radius 2 is 1.77 bits per heavy atom. The van der Waals surface area contributed by atoms with Gasteiger partial charge >= 0.3 is 0 Å². The lowest BCUT2D eigenvalue weighted by atomic mass is 9.97. The maximum absolute atomic E-state index is 12.3. The van der Waals surface area contributed by atoms with Crippen molar-refractivity contribution in [1.82, 2.24) is 4.98 Å². The number of fused-ring (bicyclic) bond motifs is 1. The van der Waals surface area contributed by atoms with E-state index in [1.165, 1.54) is 6.07 Å². The Morgan fingerprint density at radius 3 is 2.43 bits per heavy atom. The minimum absolute atomic E-state index is 0.0202. The van der Waals surface area contributed by atoms with Crippen molar-refractivity contribution < 1.29 is 14.3 Å². The Bertz CT molecular complexity index is 1150. The Labute approximate surface area is 210 Å². The van der Waals surface area contributed by atoms with Crippen LogP contribution in [0.2, 0.25) is 18.1 Å². The summed E-state index contributed by atoms with van der Waals surface area (Å²) in [5.41, 5.74) is 2.48. The number of aliphatic hydroxyl groups is 1. The average molecular weight is 495 g/mol. The van der Waals surface area contributed by atoms with E-state index in [2.05, 4.69) is 45.8 Å². The summed E-state index contributed by atoms with van der Waals surface area (Å²) in [6.07, 6.45) is 2.06. The molecule has 6 heteroatoms. The molecule has 0 amide bonds. The van der Waals surface area contributed by atoms with Crippen molar-refractivity contribution in [3.63, 3.8) is 0 Å². The van der Waals surface area contributed by atoms with Crippen molar-refractivity contribution in [2.45, 2.75) is 83.4 Å². The van der Waals surface area contributed by atoms with Gasteiger partial charge in [0.25, 0.3) is 0 Å². The van der Waals surface area contributed by atoms with Crippen LogP contribution in [-0.2, 0) is 11.0 Å². The van der Waals surface area contributed by atoms with Gasteiger partial charge in [0.05, 0.1) is 17.7 Å². The molecule has 0 saturated heterocycles. The maximum Gasteiger partial charge on any atom is 0.248 e. The minimum Gasteiger partial charge on any atom is -0.487 e. The van der Waals surface area contributed by atoms with Crippen LogP contribution in [0.1, 0.15) is 63.7 Å². The lowest BCUT2D eigenvalue weighted by Crippen LogP contribution is -2.42. The summed E-state index contributed by atoms with van der Waals surface area (Å²) < 4.78 is 13.0. The van der Waals surface area contributed by atoms with Gasteiger partial charge in [-0.2, -0.15) is 0 Å². The van der Waals surface area contributed by atoms with E-state index in [0.29, 0.717) is 30.7 Å². The van der Waals surface area contributed by atoms with Gasteiger partial charge in [-0.25, -0.2) is 0 Å². The predicted octanol–water partition coefficient (Wildman–Crippen LogP) is 6.93. The second-order valence-electron chi connectivity index (χ2n) is 10.8. The van der Waals surface area contributed by atoms with Crippen LogP contribution in [0, 0.1) is 6.92 Å². The first-order valence-electron chi connectivity index (χ1n) is 12.5. The molecule has 0 aliphatic rings. The van der Waals surface area contributed by atoms with Gasteiger partial charge in [-0.05, 0) is 47.8 Å². The molecular weight excluding hydrogens is 454 g/mol. The van der Waals surface area contributed by atoms with Crippen LogP contribution in [-0.4, -0.2) is 24.5 Å². The van der Waals surface area contributed by atoms with Gasteiger partial charge < -0.3 is 19.3 Å². The highest BCUT2D eigenvalue weighted by Crippen LogP contribution is 2.43. The standard InChI is InChI=1S/C29H40NO4Si/c1-7-8-14-22(31)19-26(34-35(5,6)29(2,3)4)23-15-17-25(28-24(23)16-18-27(32)30-28)33-20-21-12-10-9-11-13-21/h9-13,15-18,22,26,31H,1,7-8,14,19-20H2,2-6H3,(H,30,32)/t22?,26-/m1/s1. The Balaban J connectivity index is 2.02. The molecule has 35 heavy (non-hydrogen) atoms. The van der Waals surface area contributed by atoms with Crippen LogP contribution in [0.4, 0.5) is 0 Å². The molecule has 3 rings (SSSR count). The molecule has 2 atom stereocenters. The molecule has 0 fully saturated rings. The average Bonchev–Trinajstić information content (AvgIpc) is 2.80. The van der Waals surface area contributed by atoms with Crippen molar-refractivity contribution in [2.75, 3.05) is 0 Å². The molecule has 5 nitrogen and oxygen atoms in total. The number of aromatic nitrogens is 1. The molecule has 0 aliphatic heterocycles. The molecular formula is C29H40NO4Si. The number of ether oxygens (including phenoxy) is 1. The number of H-pyrrole nitrogens is 1. The van der Waals surface area contributed by atoms with Gasteiger partial charge in [-0.3, -0.25) is 4.79 Å². The van der Waals surface area contributed by atoms with E-state index in [-0.39, 0.29) is 16.7 Å². The van der Waals surface area contributed by atoms with Gasteiger partial charge in [0, 0.05) is 17.9 Å². The first-order chi connectivity index (χ1) is 16.5. The smallest absolute Gasteiger partial charge is 0.248 e. The molecule has 1 radical (unpaired) electrons. The van der Waals surface area contributed by atoms with Gasteiger partial charge in [-0.1, -0.05) is 76.9 Å². The fraction of sp³-hybridized carbons (Fsp3) is 0.448. The lowest BCUT2D eigenvalue weighted by molar-refractivity contribution is 0.0805. The molecule has 0 spiro atoms. The molecule has 1 unspecified atom stereocenters. The van der Waals surface area contributed by atoms with Crippen LogP contribution >= 0.6 is 0 Å². The quantitative estimate of drug-likeness (QED) is 0.284. The molecule has 2 N–H and O–H groups in total. The second-order valence-corrected chi connectivity index (χ2v) is 15.5. The molecule has 0 saturated carbocycles. The summed E-state index contributed by atoms with van der Waals surface area (Å²) in [6.45, 7) is 15.4. The Kier molecular flexibility index (Phi) is 8.97. The Hall–Kier alpha value is -2.41. The number of unbranched alkanes of at least 4 members (excludes halogenated alkanes) is 1. The number of hydrogen-bond acceptors (Lipinski definition) is 4. The molecule has 1 aromatic heterocycles. The van der Waals surface area contributed by atoms with Gasteiger partial charge in [0.1, 0.15) is 12.4 Å². The van der Waals surface area contributed by atoms with Crippen LogP contribution in [0.25, 0.3) is 10.9 Å². The number of hydrogen-bond donors (Lipinski definition) is 2. The maximum atomic E-state index is 12.3. The number of benzene rings is 2. The van der Waals surface area contributed by atoms with E-state index < -0.39 is 14.4 Å². The molecule has 3 aromatic rings. The summed E-state index contributed by atoms with van der Waals surface area (Å²) in [5, 5.41) is 11.7. The summed E-state index contributed by atoms with van der Waals surface area (Å²) in [6, 6.07) is 17.2. The number of pyridine rings is 1. The SMILES string of the molecule is [CH2]CCCC(O)C[C@@H](O[Si](C)(C)C(C)(C)C)c1ccc(OCc2ccccc2)c2[nH]c(=O)ccc12. The number of rotatable bonds is 11. The van der Waals surface area contributed by atoms with E-state index in [9.17, 15) is 9.90 Å². The zero-order valence-electron chi connectivity index (χ0n) is 21.8. The highest BCUT2D eigenvalue weighted by Gasteiger charge is 2.40. The van der Waals surface area contributed by atoms with Crippen molar-refractivity contribution in [3.8, 4) is 5.75 Å². The summed E-state index contributed by atoms with van der Waals surface area (Å²) in [4.78, 5) is 15.2. The van der Waals surface area contributed by atoms with Crippen LogP contribution < -0.4 is 10.3 Å². The van der Waals surface area contributed by atoms with E-state index in [1.54, 1.807) is 0 Å². The fourth-order valence-corrected chi connectivity index (χ4v) is 5.19. The zero-order chi connectivity index (χ0) is 25.6. The summed E-state index contributed by atoms with van der Waals surface area (Å²) in [7, 11) is -2.15. The summed E-state index contributed by atoms with van der Waals surface area (Å²) in [5.74, 6) is 0.619. The molecule has 2 aromatic carbocycles. The van der Waals surface area contributed by atoms with Crippen LogP contribution in [0.15, 0.2) is 59.4 Å². The third-order valence-corrected chi connectivity index (χ3v) is 11.5. The second kappa shape index (κ2) is 11.5. The van der Waals surface area contributed by atoms with Crippen molar-refractivity contribution >= 4 is 19.2 Å². The third kappa shape index (κ3) is 7.06. The number of aliphatic hydroxyl groups excluding tert-OH is 1. The topological polar surface area (TPSA) is 71.5 Å². The first kappa shape index (κ1) is 27.2. The molecule has 0 bridgehead atoms. The van der Waals surface area contributed by atoms with Crippen molar-refractivity contribution in [3.05, 3.63) is 83.0 Å². The van der Waals surface area contributed by atoms with Crippen LogP contribution in [0.3, 0.4) is 0 Å². The molecule has 189 valence electrons. The van der Waals surface area contributed by atoms with Gasteiger partial charge in [0.15, 0.2) is 8.32 Å². The van der Waals surface area contributed by atoms with E-state index in [4.69, 9.17) is 9.16 Å².